The first-order valence-electron chi connectivity index (χ1n) is 7.54. The molecule has 0 spiro atoms. The van der Waals surface area contributed by atoms with Crippen LogP contribution in [0.1, 0.15) is 6.42 Å². The minimum atomic E-state index is -2.81. The number of ether oxygens (including phenoxy) is 2. The van der Waals surface area contributed by atoms with E-state index in [1.54, 1.807) is 0 Å². The van der Waals surface area contributed by atoms with Crippen LogP contribution in [0, 0.1) is 0 Å². The summed E-state index contributed by atoms with van der Waals surface area (Å²) in [6, 6.07) is 0. The van der Waals surface area contributed by atoms with Gasteiger partial charge in [-0.15, -0.1) is 0 Å². The summed E-state index contributed by atoms with van der Waals surface area (Å²) in [5, 5.41) is 0.101. The Morgan fingerprint density at radius 3 is 1.90 bits per heavy atom. The van der Waals surface area contributed by atoms with E-state index in [9.17, 15) is 4.79 Å². The second kappa shape index (κ2) is 7.16. The van der Waals surface area contributed by atoms with Crippen molar-refractivity contribution < 1.29 is 22.5 Å². The Morgan fingerprint density at radius 1 is 1.05 bits per heavy atom. The Bertz CT molecular complexity index is 342. The molecule has 0 saturated carbocycles. The molecular weight excluding hydrogens is 320 g/mol. The zero-order valence-corrected chi connectivity index (χ0v) is 17.4. The van der Waals surface area contributed by atoms with Crippen LogP contribution in [0.2, 0.25) is 45.8 Å². The Balaban J connectivity index is 2.57. The second-order valence-electron chi connectivity index (χ2n) is 7.58. The van der Waals surface area contributed by atoms with Gasteiger partial charge in [0, 0.05) is 6.42 Å². The highest BCUT2D eigenvalue weighted by atomic mass is 28.5. The molecule has 1 rings (SSSR count). The molecule has 0 amide bonds. The van der Waals surface area contributed by atoms with E-state index in [4.69, 9.17) is 17.7 Å². The van der Waals surface area contributed by atoms with Gasteiger partial charge in [0.2, 0.25) is 0 Å². The van der Waals surface area contributed by atoms with E-state index in [0.717, 1.165) is 6.61 Å². The van der Waals surface area contributed by atoms with Crippen molar-refractivity contribution in [3.63, 3.8) is 0 Å². The van der Waals surface area contributed by atoms with Gasteiger partial charge >= 0.3 is 8.56 Å². The summed E-state index contributed by atoms with van der Waals surface area (Å²) < 4.78 is 23.0. The molecule has 1 aliphatic rings. The van der Waals surface area contributed by atoms with E-state index in [-0.39, 0.29) is 11.5 Å². The van der Waals surface area contributed by atoms with Crippen LogP contribution >= 0.6 is 0 Å². The summed E-state index contributed by atoms with van der Waals surface area (Å²) in [4.78, 5) is 12.6. The van der Waals surface area contributed by atoms with Crippen molar-refractivity contribution in [2.45, 2.75) is 58.4 Å². The van der Waals surface area contributed by atoms with Crippen molar-refractivity contribution in [2.75, 3.05) is 19.8 Å². The van der Waals surface area contributed by atoms with E-state index in [0.29, 0.717) is 19.6 Å². The molecule has 0 aromatic heterocycles. The molecule has 8 heteroatoms. The van der Waals surface area contributed by atoms with Gasteiger partial charge in [-0.2, -0.15) is 0 Å². The fraction of sp³-hybridized carbons (Fsp3) is 0.923. The van der Waals surface area contributed by atoms with Crippen molar-refractivity contribution in [1.82, 2.24) is 0 Å². The van der Waals surface area contributed by atoms with Gasteiger partial charge in [-0.1, -0.05) is 0 Å². The number of hydrogen-bond donors (Lipinski definition) is 0. The number of rotatable bonds is 10. The molecule has 1 heterocycles. The SMILES string of the molecule is C[Si](C)(C)O[Si](C)(O[Si](C)(C)C)C(=O)CCOCC1CO1. The summed E-state index contributed by atoms with van der Waals surface area (Å²) in [6.45, 7) is 16.3. The molecule has 0 aliphatic carbocycles. The molecule has 124 valence electrons. The Morgan fingerprint density at radius 2 is 1.52 bits per heavy atom. The minimum absolute atomic E-state index is 0.101. The maximum absolute atomic E-state index is 12.6. The Labute approximate surface area is 131 Å². The third-order valence-electron chi connectivity index (χ3n) is 2.69. The molecule has 1 unspecified atom stereocenters. The summed E-state index contributed by atoms with van der Waals surface area (Å²) in [6.07, 6.45) is 0.602. The molecule has 0 radical (unpaired) electrons. The van der Waals surface area contributed by atoms with E-state index in [1.807, 2.05) is 6.55 Å². The van der Waals surface area contributed by atoms with Gasteiger partial charge in [-0.3, -0.25) is 4.79 Å². The predicted molar refractivity (Wildman–Crippen MR) is 90.7 cm³/mol. The van der Waals surface area contributed by atoms with Crippen LogP contribution in [0.25, 0.3) is 0 Å². The first-order valence-corrected chi connectivity index (χ1v) is 16.7. The van der Waals surface area contributed by atoms with Crippen molar-refractivity contribution in [1.29, 1.82) is 0 Å². The van der Waals surface area contributed by atoms with Crippen LogP contribution in [0.15, 0.2) is 0 Å². The van der Waals surface area contributed by atoms with Gasteiger partial charge in [-0.05, 0) is 45.8 Å². The summed E-state index contributed by atoms with van der Waals surface area (Å²) in [7, 11) is -6.48. The molecule has 5 nitrogen and oxygen atoms in total. The standard InChI is InChI=1S/C13H30O5Si3/c1-19(2,3)17-21(7,18-20(4,5)6)13(14)8-9-15-10-12-11-16-12/h12H,8-11H2,1-7H3. The van der Waals surface area contributed by atoms with Gasteiger partial charge in [0.05, 0.1) is 19.8 Å². The Kier molecular flexibility index (Phi) is 6.55. The molecular formula is C13H30O5Si3. The zero-order valence-electron chi connectivity index (χ0n) is 14.4. The van der Waals surface area contributed by atoms with Crippen LogP contribution in [0.4, 0.5) is 0 Å². The monoisotopic (exact) mass is 350 g/mol. The van der Waals surface area contributed by atoms with Gasteiger partial charge < -0.3 is 17.7 Å². The number of hydrogen-bond acceptors (Lipinski definition) is 5. The topological polar surface area (TPSA) is 57.3 Å². The first kappa shape index (κ1) is 19.2. The average molecular weight is 351 g/mol. The Hall–Kier alpha value is 0.161. The first-order chi connectivity index (χ1) is 9.41. The van der Waals surface area contributed by atoms with E-state index < -0.39 is 25.2 Å². The molecule has 1 atom stereocenters. The second-order valence-corrected chi connectivity index (χ2v) is 20.1. The van der Waals surface area contributed by atoms with E-state index in [1.165, 1.54) is 0 Å². The molecule has 0 bridgehead atoms. The highest BCUT2D eigenvalue weighted by Gasteiger charge is 2.46. The average Bonchev–Trinajstić information content (AvgIpc) is 3.02. The lowest BCUT2D eigenvalue weighted by atomic mass is 10.5. The molecule has 0 N–H and O–H groups in total. The highest BCUT2D eigenvalue weighted by Crippen LogP contribution is 2.22. The summed E-state index contributed by atoms with van der Waals surface area (Å²) in [5.41, 5.74) is 0. The maximum Gasteiger partial charge on any atom is 0.386 e. The van der Waals surface area contributed by atoms with Gasteiger partial charge in [0.1, 0.15) is 6.10 Å². The highest BCUT2D eigenvalue weighted by molar-refractivity contribution is 7.04. The minimum Gasteiger partial charge on any atom is -0.432 e. The normalized spacial score (nSPS) is 19.7. The fourth-order valence-corrected chi connectivity index (χ4v) is 13.4. The van der Waals surface area contributed by atoms with Crippen molar-refractivity contribution in [3.8, 4) is 0 Å². The lowest BCUT2D eigenvalue weighted by Crippen LogP contribution is -2.58. The number of epoxide rings is 1. The lowest BCUT2D eigenvalue weighted by molar-refractivity contribution is -0.115. The largest absolute Gasteiger partial charge is 0.432 e. The maximum atomic E-state index is 12.6. The third kappa shape index (κ3) is 8.38. The van der Waals surface area contributed by atoms with Crippen LogP contribution < -0.4 is 0 Å². The molecule has 1 saturated heterocycles. The van der Waals surface area contributed by atoms with Crippen molar-refractivity contribution in [2.24, 2.45) is 0 Å². The number of carbonyl (C=O) groups is 1. The lowest BCUT2D eigenvalue weighted by Gasteiger charge is -2.37. The smallest absolute Gasteiger partial charge is 0.386 e. The third-order valence-corrected chi connectivity index (χ3v) is 12.0. The molecule has 0 aromatic carbocycles. The summed E-state index contributed by atoms with van der Waals surface area (Å²) >= 11 is 0. The van der Waals surface area contributed by atoms with Crippen molar-refractivity contribution in [3.05, 3.63) is 0 Å². The van der Waals surface area contributed by atoms with Crippen molar-refractivity contribution >= 4 is 30.6 Å². The fourth-order valence-electron chi connectivity index (χ4n) is 2.07. The van der Waals surface area contributed by atoms with Gasteiger partial charge in [0.25, 0.3) is 0 Å². The quantitative estimate of drug-likeness (QED) is 0.344. The van der Waals surface area contributed by atoms with Crippen LogP contribution in [-0.4, -0.2) is 56.5 Å². The van der Waals surface area contributed by atoms with Gasteiger partial charge in [0.15, 0.2) is 22.0 Å². The van der Waals surface area contributed by atoms with E-state index >= 15 is 0 Å². The summed E-state index contributed by atoms with van der Waals surface area (Å²) in [5.74, 6) is 0. The molecule has 0 aromatic rings. The van der Waals surface area contributed by atoms with Crippen LogP contribution in [0.5, 0.6) is 0 Å². The molecule has 21 heavy (non-hydrogen) atoms. The van der Waals surface area contributed by atoms with Crippen LogP contribution in [-0.2, 0) is 22.5 Å². The zero-order chi connectivity index (χ0) is 16.3. The predicted octanol–water partition coefficient (Wildman–Crippen LogP) is 2.68. The van der Waals surface area contributed by atoms with Gasteiger partial charge in [-0.25, -0.2) is 0 Å². The van der Waals surface area contributed by atoms with Crippen LogP contribution in [0.3, 0.4) is 0 Å². The molecule has 1 fully saturated rings. The number of carbonyl (C=O) groups excluding carboxylic acids is 1. The molecule has 1 aliphatic heterocycles. The van der Waals surface area contributed by atoms with E-state index in [2.05, 4.69) is 39.3 Å².